The first-order valence-electron chi connectivity index (χ1n) is 5.92. The zero-order valence-electron chi connectivity index (χ0n) is 10.9. The Morgan fingerprint density at radius 1 is 1.20 bits per heavy atom. The van der Waals surface area contributed by atoms with Gasteiger partial charge in [0.2, 0.25) is 0 Å². The van der Waals surface area contributed by atoms with Crippen LogP contribution in [-0.4, -0.2) is 19.6 Å². The SMILES string of the molecule is CCc1cc(C)nn1-c1ccc([N+](=O)[O-])cc1[N+](=O)[O-]. The fraction of sp³-hybridized carbons (Fsp3) is 0.250. The second-order valence-electron chi connectivity index (χ2n) is 4.23. The topological polar surface area (TPSA) is 104 Å². The molecular weight excluding hydrogens is 264 g/mol. The van der Waals surface area contributed by atoms with E-state index in [1.54, 1.807) is 6.92 Å². The molecule has 1 aromatic heterocycles. The highest BCUT2D eigenvalue weighted by atomic mass is 16.6. The van der Waals surface area contributed by atoms with E-state index < -0.39 is 9.85 Å². The molecule has 20 heavy (non-hydrogen) atoms. The molecule has 8 heteroatoms. The Morgan fingerprint density at radius 3 is 2.45 bits per heavy atom. The zero-order valence-corrected chi connectivity index (χ0v) is 10.9. The molecule has 0 unspecified atom stereocenters. The summed E-state index contributed by atoms with van der Waals surface area (Å²) in [6.45, 7) is 3.69. The lowest BCUT2D eigenvalue weighted by molar-refractivity contribution is -0.394. The number of non-ortho nitro benzene ring substituents is 1. The van der Waals surface area contributed by atoms with Crippen LogP contribution in [0.4, 0.5) is 11.4 Å². The summed E-state index contributed by atoms with van der Waals surface area (Å²) in [7, 11) is 0. The molecule has 8 nitrogen and oxygen atoms in total. The van der Waals surface area contributed by atoms with Crippen LogP contribution in [0.15, 0.2) is 24.3 Å². The monoisotopic (exact) mass is 276 g/mol. The first-order chi connectivity index (χ1) is 9.43. The molecular formula is C12H12N4O4. The maximum atomic E-state index is 11.1. The van der Waals surface area contributed by atoms with Crippen molar-refractivity contribution in [1.29, 1.82) is 0 Å². The van der Waals surface area contributed by atoms with Crippen molar-refractivity contribution in [3.63, 3.8) is 0 Å². The fourth-order valence-electron chi connectivity index (χ4n) is 1.96. The molecule has 0 atom stereocenters. The highest BCUT2D eigenvalue weighted by molar-refractivity contribution is 5.58. The third-order valence-corrected chi connectivity index (χ3v) is 2.86. The van der Waals surface area contributed by atoms with Gasteiger partial charge in [-0.1, -0.05) is 6.92 Å². The van der Waals surface area contributed by atoms with Gasteiger partial charge in [-0.3, -0.25) is 20.2 Å². The molecule has 0 saturated carbocycles. The van der Waals surface area contributed by atoms with E-state index in [0.717, 1.165) is 17.5 Å². The molecule has 0 aliphatic carbocycles. The molecule has 0 spiro atoms. The Morgan fingerprint density at radius 2 is 1.90 bits per heavy atom. The van der Waals surface area contributed by atoms with E-state index in [-0.39, 0.29) is 17.1 Å². The molecule has 1 aromatic carbocycles. The van der Waals surface area contributed by atoms with Crippen LogP contribution in [0.2, 0.25) is 0 Å². The fourth-order valence-corrected chi connectivity index (χ4v) is 1.96. The quantitative estimate of drug-likeness (QED) is 0.630. The van der Waals surface area contributed by atoms with Crippen LogP contribution < -0.4 is 0 Å². The van der Waals surface area contributed by atoms with Crippen molar-refractivity contribution >= 4 is 11.4 Å². The molecule has 0 radical (unpaired) electrons. The molecule has 0 N–H and O–H groups in total. The number of nitrogens with zero attached hydrogens (tertiary/aromatic N) is 4. The minimum Gasteiger partial charge on any atom is -0.258 e. The van der Waals surface area contributed by atoms with E-state index in [9.17, 15) is 20.2 Å². The van der Waals surface area contributed by atoms with Crippen molar-refractivity contribution in [2.45, 2.75) is 20.3 Å². The first kappa shape index (κ1) is 13.7. The third-order valence-electron chi connectivity index (χ3n) is 2.86. The van der Waals surface area contributed by atoms with Crippen LogP contribution in [0, 0.1) is 27.2 Å². The van der Waals surface area contributed by atoms with Crippen LogP contribution in [-0.2, 0) is 6.42 Å². The predicted molar refractivity (Wildman–Crippen MR) is 71.0 cm³/mol. The van der Waals surface area contributed by atoms with Gasteiger partial charge in [-0.05, 0) is 25.5 Å². The van der Waals surface area contributed by atoms with Gasteiger partial charge < -0.3 is 0 Å². The van der Waals surface area contributed by atoms with Crippen molar-refractivity contribution in [3.8, 4) is 5.69 Å². The molecule has 2 aromatic rings. The average molecular weight is 276 g/mol. The Hall–Kier alpha value is -2.77. The summed E-state index contributed by atoms with van der Waals surface area (Å²) in [5.41, 5.74) is 1.11. The zero-order chi connectivity index (χ0) is 14.9. The molecule has 0 saturated heterocycles. The van der Waals surface area contributed by atoms with E-state index in [4.69, 9.17) is 0 Å². The van der Waals surface area contributed by atoms with Gasteiger partial charge in [0, 0.05) is 11.8 Å². The lowest BCUT2D eigenvalue weighted by Crippen LogP contribution is -2.05. The summed E-state index contributed by atoms with van der Waals surface area (Å²) < 4.78 is 1.46. The van der Waals surface area contributed by atoms with Crippen LogP contribution in [0.25, 0.3) is 5.69 Å². The Kier molecular flexibility index (Phi) is 3.47. The predicted octanol–water partition coefficient (Wildman–Crippen LogP) is 2.56. The molecule has 104 valence electrons. The van der Waals surface area contributed by atoms with E-state index >= 15 is 0 Å². The van der Waals surface area contributed by atoms with E-state index in [1.165, 1.54) is 16.8 Å². The van der Waals surface area contributed by atoms with Gasteiger partial charge in [0.15, 0.2) is 0 Å². The van der Waals surface area contributed by atoms with Crippen molar-refractivity contribution in [3.05, 3.63) is 55.9 Å². The Labute approximate surface area is 113 Å². The van der Waals surface area contributed by atoms with Gasteiger partial charge in [0.25, 0.3) is 5.69 Å². The highest BCUT2D eigenvalue weighted by Gasteiger charge is 2.22. The third kappa shape index (κ3) is 2.35. The summed E-state index contributed by atoms with van der Waals surface area (Å²) in [5.74, 6) is 0. The smallest absolute Gasteiger partial charge is 0.258 e. The van der Waals surface area contributed by atoms with Gasteiger partial charge in [0.05, 0.1) is 21.6 Å². The number of hydrogen-bond acceptors (Lipinski definition) is 5. The number of nitro benzene ring substituents is 2. The minimum atomic E-state index is -0.661. The van der Waals surface area contributed by atoms with Crippen LogP contribution >= 0.6 is 0 Å². The average Bonchev–Trinajstić information content (AvgIpc) is 2.78. The lowest BCUT2D eigenvalue weighted by Gasteiger charge is -2.06. The number of aromatic nitrogens is 2. The molecule has 1 heterocycles. The number of rotatable bonds is 4. The van der Waals surface area contributed by atoms with Crippen LogP contribution in [0.5, 0.6) is 0 Å². The summed E-state index contributed by atoms with van der Waals surface area (Å²) in [5, 5.41) is 26.0. The number of nitro groups is 2. The summed E-state index contributed by atoms with van der Waals surface area (Å²) in [4.78, 5) is 20.5. The van der Waals surface area contributed by atoms with Crippen molar-refractivity contribution < 1.29 is 9.85 Å². The van der Waals surface area contributed by atoms with Crippen molar-refractivity contribution in [2.75, 3.05) is 0 Å². The Bertz CT molecular complexity index is 693. The van der Waals surface area contributed by atoms with Crippen LogP contribution in [0.3, 0.4) is 0 Å². The number of aryl methyl sites for hydroxylation is 2. The van der Waals surface area contributed by atoms with Gasteiger partial charge in [-0.15, -0.1) is 0 Å². The highest BCUT2D eigenvalue weighted by Crippen LogP contribution is 2.28. The number of hydrogen-bond donors (Lipinski definition) is 0. The van der Waals surface area contributed by atoms with Crippen molar-refractivity contribution in [1.82, 2.24) is 9.78 Å². The van der Waals surface area contributed by atoms with Gasteiger partial charge >= 0.3 is 5.69 Å². The summed E-state index contributed by atoms with van der Waals surface area (Å²) >= 11 is 0. The molecule has 2 rings (SSSR count). The molecule has 0 aliphatic heterocycles. The van der Waals surface area contributed by atoms with E-state index in [2.05, 4.69) is 5.10 Å². The van der Waals surface area contributed by atoms with Crippen LogP contribution in [0.1, 0.15) is 18.3 Å². The molecule has 0 bridgehead atoms. The molecule has 0 aliphatic rings. The summed E-state index contributed by atoms with van der Waals surface area (Å²) in [6, 6.07) is 5.36. The van der Waals surface area contributed by atoms with Crippen molar-refractivity contribution in [2.24, 2.45) is 0 Å². The van der Waals surface area contributed by atoms with E-state index in [1.807, 2.05) is 13.0 Å². The second-order valence-corrected chi connectivity index (χ2v) is 4.23. The normalized spacial score (nSPS) is 10.5. The Balaban J connectivity index is 2.67. The molecule has 0 fully saturated rings. The largest absolute Gasteiger partial charge is 0.301 e. The van der Waals surface area contributed by atoms with Gasteiger partial charge in [0.1, 0.15) is 5.69 Å². The maximum Gasteiger partial charge on any atom is 0.301 e. The summed E-state index contributed by atoms with van der Waals surface area (Å²) in [6.07, 6.45) is 0.648. The second kappa shape index (κ2) is 5.08. The minimum absolute atomic E-state index is 0.227. The van der Waals surface area contributed by atoms with Gasteiger partial charge in [-0.2, -0.15) is 5.10 Å². The maximum absolute atomic E-state index is 11.1. The standard InChI is InChI=1S/C12H12N4O4/c1-3-9-6-8(2)13-14(9)11-5-4-10(15(17)18)7-12(11)16(19)20/h4-7H,3H2,1-2H3. The number of benzene rings is 1. The lowest BCUT2D eigenvalue weighted by atomic mass is 10.2. The van der Waals surface area contributed by atoms with Gasteiger partial charge in [-0.25, -0.2) is 4.68 Å². The van der Waals surface area contributed by atoms with E-state index in [0.29, 0.717) is 6.42 Å². The first-order valence-corrected chi connectivity index (χ1v) is 5.92. The molecule has 0 amide bonds.